The summed E-state index contributed by atoms with van der Waals surface area (Å²) in [5.41, 5.74) is 9.55. The van der Waals surface area contributed by atoms with Gasteiger partial charge in [-0.2, -0.15) is 0 Å². The van der Waals surface area contributed by atoms with E-state index in [9.17, 15) is 4.79 Å². The molecule has 1 aromatic carbocycles. The highest BCUT2D eigenvalue weighted by Gasteiger charge is 2.25. The van der Waals surface area contributed by atoms with Crippen molar-refractivity contribution in [1.82, 2.24) is 9.88 Å². The number of rotatable bonds is 4. The molecule has 5 heteroatoms. The molecular formula is C19H23N3O2. The van der Waals surface area contributed by atoms with Crippen LogP contribution in [0.15, 0.2) is 36.7 Å². The Morgan fingerprint density at radius 1 is 1.38 bits per heavy atom. The van der Waals surface area contributed by atoms with Crippen LogP contribution in [0.3, 0.4) is 0 Å². The van der Waals surface area contributed by atoms with Gasteiger partial charge in [0.25, 0.3) is 5.91 Å². The summed E-state index contributed by atoms with van der Waals surface area (Å²) in [6.07, 6.45) is 4.40. The number of likely N-dealkylation sites (tertiary alicyclic amines) is 1. The number of aromatic nitrogens is 1. The molecule has 2 heterocycles. The molecule has 1 aromatic heterocycles. The van der Waals surface area contributed by atoms with Crippen LogP contribution in [0.1, 0.15) is 33.5 Å². The Morgan fingerprint density at radius 3 is 2.71 bits per heavy atom. The second kappa shape index (κ2) is 7.01. The Kier molecular flexibility index (Phi) is 4.81. The first-order valence-corrected chi connectivity index (χ1v) is 8.22. The fourth-order valence-corrected chi connectivity index (χ4v) is 3.09. The maximum Gasteiger partial charge on any atom is 0.253 e. The molecule has 1 saturated heterocycles. The van der Waals surface area contributed by atoms with Gasteiger partial charge in [-0.15, -0.1) is 0 Å². The highest BCUT2D eigenvalue weighted by Crippen LogP contribution is 2.27. The van der Waals surface area contributed by atoms with E-state index in [2.05, 4.69) is 4.98 Å². The predicted molar refractivity (Wildman–Crippen MR) is 93.0 cm³/mol. The third-order valence-electron chi connectivity index (χ3n) is 4.33. The molecule has 0 spiro atoms. The van der Waals surface area contributed by atoms with Gasteiger partial charge in [-0.1, -0.05) is 6.07 Å². The molecule has 1 amide bonds. The Morgan fingerprint density at radius 2 is 2.12 bits per heavy atom. The molecule has 1 atom stereocenters. The van der Waals surface area contributed by atoms with Crippen molar-refractivity contribution in [2.45, 2.75) is 32.9 Å². The number of carbonyl (C=O) groups excluding carboxylic acids is 1. The lowest BCUT2D eigenvalue weighted by Gasteiger charge is -2.18. The number of hydrogen-bond acceptors (Lipinski definition) is 4. The lowest BCUT2D eigenvalue weighted by molar-refractivity contribution is 0.0790. The summed E-state index contributed by atoms with van der Waals surface area (Å²) in [7, 11) is 0. The fraction of sp³-hybridized carbons (Fsp3) is 0.368. The molecule has 2 aromatic rings. The molecule has 2 N–H and O–H groups in total. The van der Waals surface area contributed by atoms with Crippen molar-refractivity contribution in [2.75, 3.05) is 13.1 Å². The Bertz CT molecular complexity index is 708. The molecule has 1 aliphatic heterocycles. The van der Waals surface area contributed by atoms with Gasteiger partial charge in [-0.05, 0) is 49.6 Å². The summed E-state index contributed by atoms with van der Waals surface area (Å²) in [6, 6.07) is 7.76. The molecular weight excluding hydrogens is 302 g/mol. The smallest absolute Gasteiger partial charge is 0.253 e. The molecule has 1 aliphatic rings. The quantitative estimate of drug-likeness (QED) is 0.937. The van der Waals surface area contributed by atoms with E-state index in [-0.39, 0.29) is 11.9 Å². The summed E-state index contributed by atoms with van der Waals surface area (Å²) in [4.78, 5) is 18.5. The summed E-state index contributed by atoms with van der Waals surface area (Å²) < 4.78 is 5.95. The summed E-state index contributed by atoms with van der Waals surface area (Å²) in [5, 5.41) is 0. The van der Waals surface area contributed by atoms with E-state index in [1.807, 2.05) is 43.0 Å². The van der Waals surface area contributed by atoms with Gasteiger partial charge < -0.3 is 15.4 Å². The maximum absolute atomic E-state index is 12.6. The largest absolute Gasteiger partial charge is 0.488 e. The summed E-state index contributed by atoms with van der Waals surface area (Å²) in [6.45, 7) is 5.77. The minimum atomic E-state index is 0.0490. The second-order valence-electron chi connectivity index (χ2n) is 6.39. The van der Waals surface area contributed by atoms with Crippen molar-refractivity contribution in [1.29, 1.82) is 0 Å². The van der Waals surface area contributed by atoms with Crippen LogP contribution in [0, 0.1) is 13.8 Å². The van der Waals surface area contributed by atoms with Crippen LogP contribution in [0.4, 0.5) is 0 Å². The molecule has 0 bridgehead atoms. The molecule has 0 unspecified atom stereocenters. The highest BCUT2D eigenvalue weighted by atomic mass is 16.5. The van der Waals surface area contributed by atoms with Crippen molar-refractivity contribution in [3.63, 3.8) is 0 Å². The lowest BCUT2D eigenvalue weighted by Crippen LogP contribution is -2.32. The van der Waals surface area contributed by atoms with Crippen LogP contribution in [0.5, 0.6) is 5.75 Å². The number of pyridine rings is 1. The first-order valence-electron chi connectivity index (χ1n) is 8.22. The molecule has 5 nitrogen and oxygen atoms in total. The zero-order chi connectivity index (χ0) is 17.1. The van der Waals surface area contributed by atoms with Gasteiger partial charge in [0, 0.05) is 42.7 Å². The number of ether oxygens (including phenoxy) is 1. The molecule has 0 radical (unpaired) electrons. The van der Waals surface area contributed by atoms with Crippen molar-refractivity contribution in [2.24, 2.45) is 5.73 Å². The van der Waals surface area contributed by atoms with Crippen LogP contribution in [0.2, 0.25) is 0 Å². The van der Waals surface area contributed by atoms with Gasteiger partial charge in [0.1, 0.15) is 12.4 Å². The summed E-state index contributed by atoms with van der Waals surface area (Å²) >= 11 is 0. The Labute approximate surface area is 142 Å². The van der Waals surface area contributed by atoms with Gasteiger partial charge in [0.05, 0.1) is 0 Å². The average molecular weight is 325 g/mol. The second-order valence-corrected chi connectivity index (χ2v) is 6.39. The van der Waals surface area contributed by atoms with E-state index >= 15 is 0 Å². The zero-order valence-electron chi connectivity index (χ0n) is 14.2. The van der Waals surface area contributed by atoms with Crippen LogP contribution in [-0.2, 0) is 6.61 Å². The number of nitrogens with two attached hydrogens (primary N) is 1. The van der Waals surface area contributed by atoms with Gasteiger partial charge in [0.15, 0.2) is 0 Å². The Balaban J connectivity index is 1.75. The minimum absolute atomic E-state index is 0.0490. The molecule has 3 rings (SSSR count). The molecule has 0 saturated carbocycles. The summed E-state index contributed by atoms with van der Waals surface area (Å²) in [5.74, 6) is 0.876. The van der Waals surface area contributed by atoms with Gasteiger partial charge in [-0.25, -0.2) is 0 Å². The molecule has 0 aliphatic carbocycles. The van der Waals surface area contributed by atoms with Crippen LogP contribution >= 0.6 is 0 Å². The van der Waals surface area contributed by atoms with E-state index in [1.165, 1.54) is 0 Å². The molecule has 126 valence electrons. The normalized spacial score (nSPS) is 17.1. The topological polar surface area (TPSA) is 68.5 Å². The van der Waals surface area contributed by atoms with E-state index in [0.29, 0.717) is 18.7 Å². The van der Waals surface area contributed by atoms with Crippen LogP contribution < -0.4 is 10.5 Å². The third-order valence-corrected chi connectivity index (χ3v) is 4.33. The first kappa shape index (κ1) is 16.5. The maximum atomic E-state index is 12.6. The highest BCUT2D eigenvalue weighted by molar-refractivity contribution is 5.95. The number of aryl methyl sites for hydroxylation is 2. The van der Waals surface area contributed by atoms with Gasteiger partial charge in [0.2, 0.25) is 0 Å². The van der Waals surface area contributed by atoms with E-state index < -0.39 is 0 Å². The predicted octanol–water partition coefficient (Wildman–Crippen LogP) is 2.45. The van der Waals surface area contributed by atoms with Crippen molar-refractivity contribution in [3.8, 4) is 5.75 Å². The standard InChI is InChI=1S/C19H23N3O2/c1-13-8-16(19(23)22-7-5-17(20)11-22)9-14(2)18(13)24-12-15-4-3-6-21-10-15/h3-4,6,8-10,17H,5,7,11-12,20H2,1-2H3/t17-/m1/s1. The lowest BCUT2D eigenvalue weighted by atomic mass is 10.0. The number of hydrogen-bond donors (Lipinski definition) is 1. The minimum Gasteiger partial charge on any atom is -0.488 e. The average Bonchev–Trinajstić information content (AvgIpc) is 3.00. The molecule has 24 heavy (non-hydrogen) atoms. The van der Waals surface area contributed by atoms with Crippen molar-refractivity contribution in [3.05, 3.63) is 58.9 Å². The van der Waals surface area contributed by atoms with E-state index in [4.69, 9.17) is 10.5 Å². The number of carbonyl (C=O) groups is 1. The third kappa shape index (κ3) is 3.57. The van der Waals surface area contributed by atoms with E-state index in [1.54, 1.807) is 12.4 Å². The zero-order valence-corrected chi connectivity index (χ0v) is 14.2. The number of amides is 1. The van der Waals surface area contributed by atoms with Crippen molar-refractivity contribution < 1.29 is 9.53 Å². The monoisotopic (exact) mass is 325 g/mol. The Hall–Kier alpha value is -2.40. The van der Waals surface area contributed by atoms with E-state index in [0.717, 1.165) is 35.4 Å². The number of nitrogens with zero attached hydrogens (tertiary/aromatic N) is 2. The SMILES string of the molecule is Cc1cc(C(=O)N2CC[C@@H](N)C2)cc(C)c1OCc1cccnc1. The molecule has 1 fully saturated rings. The van der Waals surface area contributed by atoms with Gasteiger partial charge >= 0.3 is 0 Å². The number of benzene rings is 1. The van der Waals surface area contributed by atoms with Crippen LogP contribution in [-0.4, -0.2) is 34.9 Å². The van der Waals surface area contributed by atoms with Gasteiger partial charge in [-0.3, -0.25) is 9.78 Å². The first-order chi connectivity index (χ1) is 11.5. The fourth-order valence-electron chi connectivity index (χ4n) is 3.09. The van der Waals surface area contributed by atoms with Crippen molar-refractivity contribution >= 4 is 5.91 Å². The van der Waals surface area contributed by atoms with Crippen LogP contribution in [0.25, 0.3) is 0 Å².